The number of nitrogens with one attached hydrogen (secondary N) is 4. The number of pyridine rings is 1. The summed E-state index contributed by atoms with van der Waals surface area (Å²) >= 11 is 0. The number of nitro benzene ring substituents is 1. The van der Waals surface area contributed by atoms with E-state index in [1.54, 1.807) is 48.6 Å². The number of nitrogens with zero attached hydrogens (tertiary/aromatic N) is 7. The van der Waals surface area contributed by atoms with Crippen molar-refractivity contribution < 1.29 is 24.1 Å². The van der Waals surface area contributed by atoms with Crippen molar-refractivity contribution in [3.8, 4) is 11.4 Å². The third-order valence-electron chi connectivity index (χ3n) is 9.39. The van der Waals surface area contributed by atoms with Crippen molar-refractivity contribution in [2.75, 3.05) is 22.5 Å². The van der Waals surface area contributed by atoms with E-state index in [9.17, 15) is 38.9 Å². The van der Waals surface area contributed by atoms with Crippen LogP contribution >= 0.6 is 0 Å². The quantitative estimate of drug-likeness (QED) is 0.0559. The zero-order valence-electron chi connectivity index (χ0n) is 31.9. The molecule has 4 amide bonds. The van der Waals surface area contributed by atoms with Gasteiger partial charge in [-0.15, -0.1) is 0 Å². The van der Waals surface area contributed by atoms with Crippen LogP contribution in [0.3, 0.4) is 0 Å². The Balaban J connectivity index is 1.19. The van der Waals surface area contributed by atoms with Gasteiger partial charge in [-0.3, -0.25) is 29.3 Å². The molecule has 5 heterocycles. The molecule has 4 N–H and O–H groups in total. The van der Waals surface area contributed by atoms with Crippen LogP contribution in [-0.2, 0) is 27.7 Å². The number of benzene rings is 1. The third-order valence-corrected chi connectivity index (χ3v) is 9.39. The van der Waals surface area contributed by atoms with Gasteiger partial charge in [-0.25, -0.2) is 9.59 Å². The highest BCUT2D eigenvalue weighted by Crippen LogP contribution is 2.31. The summed E-state index contributed by atoms with van der Waals surface area (Å²) in [6.07, 6.45) is 7.72. The maximum absolute atomic E-state index is 13.7. The second kappa shape index (κ2) is 16.2. The number of rotatable bonds is 13. The van der Waals surface area contributed by atoms with E-state index in [4.69, 9.17) is 0 Å². The highest BCUT2D eigenvalue weighted by Gasteiger charge is 2.26. The first-order valence-corrected chi connectivity index (χ1v) is 18.2. The largest absolute Gasteiger partial charge is 0.360 e. The summed E-state index contributed by atoms with van der Waals surface area (Å²) in [5.74, 6) is -1.35. The van der Waals surface area contributed by atoms with Crippen molar-refractivity contribution >= 4 is 57.4 Å². The fraction of sp³-hybridized carbons (Fsp3) is 0.289. The lowest BCUT2D eigenvalue weighted by atomic mass is 10.1. The molecule has 4 aromatic rings. The zero-order valence-corrected chi connectivity index (χ0v) is 31.9. The summed E-state index contributed by atoms with van der Waals surface area (Å²) in [5, 5.41) is 22.8. The van der Waals surface area contributed by atoms with Crippen LogP contribution in [0.4, 0.5) is 27.5 Å². The molecule has 6 rings (SSSR count). The number of aromatic nitrogens is 6. The Hall–Kier alpha value is -7.31. The molecule has 0 atom stereocenters. The minimum atomic E-state index is -1.15. The van der Waals surface area contributed by atoms with E-state index in [2.05, 4.69) is 26.3 Å². The maximum atomic E-state index is 13.7. The third kappa shape index (κ3) is 7.93. The molecule has 2 aliphatic rings. The van der Waals surface area contributed by atoms with Gasteiger partial charge in [-0.05, 0) is 43.2 Å². The normalized spacial score (nSPS) is 11.2. The molecule has 0 saturated carbocycles. The van der Waals surface area contributed by atoms with Gasteiger partial charge in [0.05, 0.1) is 38.5 Å². The fourth-order valence-corrected chi connectivity index (χ4v) is 6.51. The van der Waals surface area contributed by atoms with E-state index in [1.165, 1.54) is 51.9 Å². The van der Waals surface area contributed by atoms with E-state index in [0.29, 0.717) is 41.0 Å². The number of anilines is 3. The lowest BCUT2D eigenvalue weighted by Crippen LogP contribution is -2.44. The van der Waals surface area contributed by atoms with E-state index >= 15 is 0 Å². The average Bonchev–Trinajstić information content (AvgIpc) is 3.84. The molecule has 0 fully saturated rings. The molecule has 0 spiro atoms. The van der Waals surface area contributed by atoms with Crippen LogP contribution in [0, 0.1) is 10.1 Å². The van der Waals surface area contributed by atoms with Crippen molar-refractivity contribution in [1.29, 1.82) is 0 Å². The summed E-state index contributed by atoms with van der Waals surface area (Å²) in [6, 6.07) is 8.93. The SMILES string of the molecule is CCCCNC(=O)c1cc(NC(=O)c2cc(NC(=O)c3cc(NC(=O)n4c(=O)nc5n(CCCC)c6cccc([N+](=O)[O-])c6cc-5c4=O)cn3C)cn2C)cn1C. The van der Waals surface area contributed by atoms with E-state index in [0.717, 1.165) is 19.3 Å². The Labute approximate surface area is 324 Å². The highest BCUT2D eigenvalue weighted by atomic mass is 16.6. The fourth-order valence-electron chi connectivity index (χ4n) is 6.51. The lowest BCUT2D eigenvalue weighted by Gasteiger charge is -2.18. The van der Waals surface area contributed by atoms with Crippen LogP contribution in [0.5, 0.6) is 0 Å². The molecule has 57 heavy (non-hydrogen) atoms. The van der Waals surface area contributed by atoms with Crippen LogP contribution in [0.2, 0.25) is 0 Å². The summed E-state index contributed by atoms with van der Waals surface area (Å²) in [6.45, 7) is 4.82. The van der Waals surface area contributed by atoms with Gasteiger partial charge in [-0.1, -0.05) is 32.8 Å². The molecular formula is C38H41N11O8. The summed E-state index contributed by atoms with van der Waals surface area (Å²) in [7, 11) is 4.87. The Kier molecular flexibility index (Phi) is 11.2. The molecular weight excluding hydrogens is 738 g/mol. The molecule has 0 saturated heterocycles. The van der Waals surface area contributed by atoms with Crippen molar-refractivity contribution in [3.63, 3.8) is 0 Å². The number of hydrogen-bond donors (Lipinski definition) is 4. The molecule has 3 aromatic heterocycles. The molecule has 19 heteroatoms. The number of carbonyl (C=O) groups excluding carboxylic acids is 4. The second-order valence-corrected chi connectivity index (χ2v) is 13.5. The van der Waals surface area contributed by atoms with Crippen LogP contribution in [0.15, 0.2) is 70.6 Å². The molecule has 19 nitrogen and oxygen atoms in total. The first-order valence-electron chi connectivity index (χ1n) is 18.2. The molecule has 2 aliphatic heterocycles. The van der Waals surface area contributed by atoms with Gasteiger partial charge in [0, 0.05) is 58.9 Å². The first kappa shape index (κ1) is 39.4. The van der Waals surface area contributed by atoms with Gasteiger partial charge in [0.25, 0.3) is 29.0 Å². The van der Waals surface area contributed by atoms with Gasteiger partial charge in [0.15, 0.2) is 5.82 Å². The number of carbonyl (C=O) groups is 4. The van der Waals surface area contributed by atoms with E-state index in [-0.39, 0.29) is 51.1 Å². The van der Waals surface area contributed by atoms with Gasteiger partial charge in [0.2, 0.25) is 0 Å². The molecule has 0 bridgehead atoms. The van der Waals surface area contributed by atoms with Crippen molar-refractivity contribution in [1.82, 2.24) is 33.1 Å². The number of fused-ring (bicyclic) bond motifs is 2. The van der Waals surface area contributed by atoms with E-state index < -0.39 is 34.0 Å². The second-order valence-electron chi connectivity index (χ2n) is 13.5. The van der Waals surface area contributed by atoms with E-state index in [1.807, 2.05) is 13.8 Å². The summed E-state index contributed by atoms with van der Waals surface area (Å²) in [4.78, 5) is 94.9. The predicted octanol–water partition coefficient (Wildman–Crippen LogP) is 4.50. The van der Waals surface area contributed by atoms with Gasteiger partial charge in [0.1, 0.15) is 17.1 Å². The molecule has 1 aromatic carbocycles. The number of nitro groups is 1. The average molecular weight is 780 g/mol. The Morgan fingerprint density at radius 2 is 1.30 bits per heavy atom. The van der Waals surface area contributed by atoms with Crippen molar-refractivity contribution in [2.45, 2.75) is 46.1 Å². The van der Waals surface area contributed by atoms with Gasteiger partial charge in [-0.2, -0.15) is 9.55 Å². The summed E-state index contributed by atoms with van der Waals surface area (Å²) in [5.41, 5.74) is -0.737. The topological polar surface area (TPSA) is 231 Å². The minimum absolute atomic E-state index is 0.00729. The number of aryl methyl sites for hydroxylation is 4. The first-order chi connectivity index (χ1) is 27.2. The smallest absolute Gasteiger partial charge is 0.351 e. The maximum Gasteiger partial charge on any atom is 0.360 e. The lowest BCUT2D eigenvalue weighted by molar-refractivity contribution is -0.383. The molecule has 0 radical (unpaired) electrons. The highest BCUT2D eigenvalue weighted by molar-refractivity contribution is 6.08. The van der Waals surface area contributed by atoms with Crippen LogP contribution in [0.25, 0.3) is 22.3 Å². The monoisotopic (exact) mass is 779 g/mol. The molecule has 0 aliphatic carbocycles. The van der Waals surface area contributed by atoms with Gasteiger partial charge >= 0.3 is 11.7 Å². The van der Waals surface area contributed by atoms with Crippen LogP contribution < -0.4 is 32.5 Å². The molecule has 0 unspecified atom stereocenters. The Morgan fingerprint density at radius 1 is 0.754 bits per heavy atom. The number of non-ortho nitro benzene ring substituents is 1. The van der Waals surface area contributed by atoms with Crippen LogP contribution in [0.1, 0.15) is 71.0 Å². The Bertz CT molecular complexity index is 2660. The zero-order chi connectivity index (χ0) is 41.1. The van der Waals surface area contributed by atoms with Crippen LogP contribution in [-0.4, -0.2) is 63.0 Å². The number of amides is 4. The van der Waals surface area contributed by atoms with Gasteiger partial charge < -0.3 is 39.5 Å². The standard InChI is InChI=1S/C38H41N11O8/c1-6-8-13-39-33(50)29-15-22(19-44(29)3)40-34(51)30-16-23(20-45(30)4)41-35(52)31-17-24(21-46(31)5)42-37(54)48-36(53)26-18-25-27(11-10-12-28(25)49(56)57)47(14-9-7-2)32(26)43-38(48)55/h10-12,15-21H,6-9,13-14H2,1-5H3,(H,39,50)(H,40,51)(H,41,52)(H,42,54). The summed E-state index contributed by atoms with van der Waals surface area (Å²) < 4.78 is 6.42. The van der Waals surface area contributed by atoms with Crippen molar-refractivity contribution in [2.24, 2.45) is 21.1 Å². The predicted molar refractivity (Wildman–Crippen MR) is 212 cm³/mol. The minimum Gasteiger partial charge on any atom is -0.351 e. The van der Waals surface area contributed by atoms with Crippen molar-refractivity contribution in [3.05, 3.63) is 109 Å². The number of unbranched alkanes of at least 4 members (excludes halogenated alkanes) is 2. The molecule has 296 valence electrons. The number of hydrogen-bond acceptors (Lipinski definition) is 9. The Morgan fingerprint density at radius 3 is 1.84 bits per heavy atom.